The van der Waals surface area contributed by atoms with Gasteiger partial charge in [0.05, 0.1) is 0 Å². The molecule has 0 bridgehead atoms. The quantitative estimate of drug-likeness (QED) is 0.755. The van der Waals surface area contributed by atoms with E-state index < -0.39 is 18.2 Å². The van der Waals surface area contributed by atoms with E-state index in [1.54, 1.807) is 0 Å². The SMILES string of the molecule is CC(N)C1CCC(C(O)C(F)(F)F)CC1. The van der Waals surface area contributed by atoms with Gasteiger partial charge in [0, 0.05) is 6.04 Å². The first kappa shape index (κ1) is 12.8. The van der Waals surface area contributed by atoms with E-state index in [2.05, 4.69) is 0 Å². The van der Waals surface area contributed by atoms with Crippen molar-refractivity contribution in [2.45, 2.75) is 50.9 Å². The maximum Gasteiger partial charge on any atom is 0.414 e. The Balaban J connectivity index is 2.44. The lowest BCUT2D eigenvalue weighted by Crippen LogP contribution is -2.39. The summed E-state index contributed by atoms with van der Waals surface area (Å²) in [5.41, 5.74) is 5.69. The first-order valence-corrected chi connectivity index (χ1v) is 5.32. The molecule has 1 aliphatic rings. The molecule has 0 heterocycles. The lowest BCUT2D eigenvalue weighted by Gasteiger charge is -2.33. The highest BCUT2D eigenvalue weighted by atomic mass is 19.4. The number of aliphatic hydroxyl groups excluding tert-OH is 1. The number of halogens is 3. The monoisotopic (exact) mass is 225 g/mol. The van der Waals surface area contributed by atoms with Gasteiger partial charge in [-0.3, -0.25) is 0 Å². The molecule has 3 N–H and O–H groups in total. The molecule has 0 aromatic rings. The molecule has 2 atom stereocenters. The van der Waals surface area contributed by atoms with Gasteiger partial charge < -0.3 is 10.8 Å². The third-order valence-corrected chi connectivity index (χ3v) is 3.34. The number of rotatable bonds is 2. The Labute approximate surface area is 87.6 Å². The van der Waals surface area contributed by atoms with Crippen molar-refractivity contribution in [1.29, 1.82) is 0 Å². The van der Waals surface area contributed by atoms with Gasteiger partial charge in [-0.2, -0.15) is 13.2 Å². The van der Waals surface area contributed by atoms with E-state index in [-0.39, 0.29) is 6.04 Å². The summed E-state index contributed by atoms with van der Waals surface area (Å²) in [7, 11) is 0. The van der Waals surface area contributed by atoms with Gasteiger partial charge in [0.1, 0.15) is 0 Å². The van der Waals surface area contributed by atoms with Crippen molar-refractivity contribution in [3.8, 4) is 0 Å². The molecule has 90 valence electrons. The summed E-state index contributed by atoms with van der Waals surface area (Å²) in [6.07, 6.45) is -4.41. The molecule has 0 aromatic carbocycles. The predicted octanol–water partition coefficient (Wildman–Crippen LogP) is 2.06. The van der Waals surface area contributed by atoms with E-state index in [9.17, 15) is 13.2 Å². The van der Waals surface area contributed by atoms with Crippen LogP contribution in [0.3, 0.4) is 0 Å². The zero-order valence-electron chi connectivity index (χ0n) is 8.80. The van der Waals surface area contributed by atoms with Gasteiger partial charge in [-0.05, 0) is 44.4 Å². The van der Waals surface area contributed by atoms with Crippen LogP contribution in [0, 0.1) is 11.8 Å². The number of aliphatic hydroxyl groups is 1. The highest BCUT2D eigenvalue weighted by molar-refractivity contribution is 4.83. The molecule has 0 aromatic heterocycles. The molecule has 5 heteroatoms. The van der Waals surface area contributed by atoms with Crippen LogP contribution in [0.5, 0.6) is 0 Å². The molecule has 1 saturated carbocycles. The molecule has 0 radical (unpaired) electrons. The van der Waals surface area contributed by atoms with Crippen molar-refractivity contribution >= 4 is 0 Å². The maximum atomic E-state index is 12.2. The highest BCUT2D eigenvalue weighted by Gasteiger charge is 2.44. The minimum absolute atomic E-state index is 0.0361. The predicted molar refractivity (Wildman–Crippen MR) is 51.2 cm³/mol. The lowest BCUT2D eigenvalue weighted by atomic mass is 9.77. The third-order valence-electron chi connectivity index (χ3n) is 3.34. The number of hydrogen-bond acceptors (Lipinski definition) is 2. The lowest BCUT2D eigenvalue weighted by molar-refractivity contribution is -0.222. The van der Waals surface area contributed by atoms with Crippen LogP contribution in [0.25, 0.3) is 0 Å². The molecular formula is C10H18F3NO. The Hall–Kier alpha value is -0.290. The van der Waals surface area contributed by atoms with Crippen molar-refractivity contribution in [3.05, 3.63) is 0 Å². The Bertz CT molecular complexity index is 197. The van der Waals surface area contributed by atoms with E-state index >= 15 is 0 Å². The van der Waals surface area contributed by atoms with Gasteiger partial charge in [-0.25, -0.2) is 0 Å². The number of hydrogen-bond donors (Lipinski definition) is 2. The van der Waals surface area contributed by atoms with Crippen LogP contribution in [0.15, 0.2) is 0 Å². The summed E-state index contributed by atoms with van der Waals surface area (Å²) in [5, 5.41) is 9.08. The van der Waals surface area contributed by atoms with E-state index in [1.807, 2.05) is 6.92 Å². The van der Waals surface area contributed by atoms with Crippen molar-refractivity contribution in [2.75, 3.05) is 0 Å². The van der Waals surface area contributed by atoms with Gasteiger partial charge in [0.25, 0.3) is 0 Å². The van der Waals surface area contributed by atoms with Gasteiger partial charge >= 0.3 is 6.18 Å². The zero-order chi connectivity index (χ0) is 11.6. The van der Waals surface area contributed by atoms with Gasteiger partial charge in [0.15, 0.2) is 6.10 Å². The standard InChI is InChI=1S/C10H18F3NO/c1-6(14)7-2-4-8(5-3-7)9(15)10(11,12)13/h6-9,15H,2-5,14H2,1H3. The van der Waals surface area contributed by atoms with Crippen LogP contribution in [-0.4, -0.2) is 23.4 Å². The molecule has 2 nitrogen and oxygen atoms in total. The first-order valence-electron chi connectivity index (χ1n) is 5.32. The first-order chi connectivity index (χ1) is 6.82. The normalized spacial score (nSPS) is 32.4. The largest absolute Gasteiger partial charge is 0.414 e. The molecule has 0 aliphatic heterocycles. The van der Waals surface area contributed by atoms with Crippen molar-refractivity contribution in [3.63, 3.8) is 0 Å². The van der Waals surface area contributed by atoms with Crippen LogP contribution < -0.4 is 5.73 Å². The van der Waals surface area contributed by atoms with Crippen LogP contribution >= 0.6 is 0 Å². The Morgan fingerprint density at radius 2 is 1.53 bits per heavy atom. The van der Waals surface area contributed by atoms with E-state index in [0.29, 0.717) is 31.6 Å². The molecule has 0 spiro atoms. The summed E-state index contributed by atoms with van der Waals surface area (Å²) >= 11 is 0. The molecule has 1 fully saturated rings. The average Bonchev–Trinajstić information content (AvgIpc) is 2.15. The van der Waals surface area contributed by atoms with Crippen LogP contribution in [0.2, 0.25) is 0 Å². The smallest absolute Gasteiger partial charge is 0.383 e. The fourth-order valence-corrected chi connectivity index (χ4v) is 2.25. The Morgan fingerprint density at radius 3 is 1.87 bits per heavy atom. The van der Waals surface area contributed by atoms with Crippen LogP contribution in [0.1, 0.15) is 32.6 Å². The summed E-state index contributed by atoms with van der Waals surface area (Å²) in [4.78, 5) is 0. The van der Waals surface area contributed by atoms with Gasteiger partial charge in [-0.15, -0.1) is 0 Å². The maximum absolute atomic E-state index is 12.2. The summed E-state index contributed by atoms with van der Waals surface area (Å²) in [6, 6.07) is 0.0361. The molecule has 0 amide bonds. The summed E-state index contributed by atoms with van der Waals surface area (Å²) < 4.78 is 36.6. The molecule has 1 aliphatic carbocycles. The fraction of sp³-hybridized carbons (Fsp3) is 1.00. The van der Waals surface area contributed by atoms with Crippen molar-refractivity contribution in [1.82, 2.24) is 0 Å². The number of alkyl halides is 3. The topological polar surface area (TPSA) is 46.2 Å². The second kappa shape index (κ2) is 4.70. The van der Waals surface area contributed by atoms with Crippen molar-refractivity contribution < 1.29 is 18.3 Å². The average molecular weight is 225 g/mol. The zero-order valence-corrected chi connectivity index (χ0v) is 8.80. The Morgan fingerprint density at radius 1 is 1.13 bits per heavy atom. The second-order valence-corrected chi connectivity index (χ2v) is 4.52. The van der Waals surface area contributed by atoms with Gasteiger partial charge in [-0.1, -0.05) is 0 Å². The summed E-state index contributed by atoms with van der Waals surface area (Å²) in [5.74, 6) is -0.332. The number of nitrogens with two attached hydrogens (primary N) is 1. The van der Waals surface area contributed by atoms with E-state index in [0.717, 1.165) is 0 Å². The Kier molecular flexibility index (Phi) is 4.00. The van der Waals surface area contributed by atoms with E-state index in [4.69, 9.17) is 10.8 Å². The second-order valence-electron chi connectivity index (χ2n) is 4.52. The summed E-state index contributed by atoms with van der Waals surface area (Å²) in [6.45, 7) is 1.88. The molecule has 2 unspecified atom stereocenters. The van der Waals surface area contributed by atoms with Crippen molar-refractivity contribution in [2.24, 2.45) is 17.6 Å². The minimum Gasteiger partial charge on any atom is -0.383 e. The van der Waals surface area contributed by atoms with Gasteiger partial charge in [0.2, 0.25) is 0 Å². The van der Waals surface area contributed by atoms with Crippen LogP contribution in [0.4, 0.5) is 13.2 Å². The fourth-order valence-electron chi connectivity index (χ4n) is 2.25. The van der Waals surface area contributed by atoms with E-state index in [1.165, 1.54) is 0 Å². The molecule has 0 saturated heterocycles. The van der Waals surface area contributed by atoms with Crippen LogP contribution in [-0.2, 0) is 0 Å². The third kappa shape index (κ3) is 3.34. The molecular weight excluding hydrogens is 207 g/mol. The molecule has 15 heavy (non-hydrogen) atoms. The molecule has 1 rings (SSSR count). The highest BCUT2D eigenvalue weighted by Crippen LogP contribution is 2.37. The minimum atomic E-state index is -4.48.